The number of aryl methyl sites for hydroxylation is 1. The van der Waals surface area contributed by atoms with Crippen LogP contribution >= 0.6 is 0 Å². The van der Waals surface area contributed by atoms with Gasteiger partial charge in [0.1, 0.15) is 5.58 Å². The average molecular weight is 498 g/mol. The van der Waals surface area contributed by atoms with Crippen LogP contribution in [0.1, 0.15) is 61.1 Å². The minimum absolute atomic E-state index is 0.121. The second-order valence-electron chi connectivity index (χ2n) is 10.1. The van der Waals surface area contributed by atoms with Crippen molar-refractivity contribution in [2.75, 3.05) is 23.3 Å². The number of benzene rings is 2. The number of fused-ring (bicyclic) bond motifs is 1. The lowest BCUT2D eigenvalue weighted by atomic mass is 9.83. The summed E-state index contributed by atoms with van der Waals surface area (Å²) in [5.41, 5.74) is 0.265. The molecule has 3 aromatic rings. The number of nitrogens with zero attached hydrogens (tertiary/aromatic N) is 2. The summed E-state index contributed by atoms with van der Waals surface area (Å²) in [4.78, 5) is 36.9. The highest BCUT2D eigenvalue weighted by molar-refractivity contribution is 5.95. The molecular weight excluding hydrogens is 469 g/mol. The van der Waals surface area contributed by atoms with E-state index in [2.05, 4.69) is 19.2 Å². The fourth-order valence-electron chi connectivity index (χ4n) is 4.54. The predicted molar refractivity (Wildman–Crippen MR) is 135 cm³/mol. The lowest BCUT2D eigenvalue weighted by molar-refractivity contribution is -0.387. The first-order valence-corrected chi connectivity index (χ1v) is 11.7. The largest absolute Gasteiger partial charge is 0.478 e. The molecule has 0 radical (unpaired) electrons. The Hall–Kier alpha value is -3.95. The Morgan fingerprint density at radius 3 is 2.50 bits per heavy atom. The quantitative estimate of drug-likeness (QED) is 0.331. The summed E-state index contributed by atoms with van der Waals surface area (Å²) < 4.78 is 20.6. The molecule has 2 aromatic carbocycles. The maximum Gasteiger partial charge on any atom is 0.338 e. The molecule has 1 aliphatic rings. The molecular formula is C26H28FN3O6. The first kappa shape index (κ1) is 25.2. The van der Waals surface area contributed by atoms with Gasteiger partial charge in [0.15, 0.2) is 11.3 Å². The van der Waals surface area contributed by atoms with E-state index in [-0.39, 0.29) is 16.5 Å². The molecule has 1 fully saturated rings. The number of nitro benzene ring substituents is 1. The van der Waals surface area contributed by atoms with E-state index in [1.54, 1.807) is 13.0 Å². The molecule has 2 N–H and O–H groups in total. The molecule has 1 atom stereocenters. The van der Waals surface area contributed by atoms with Gasteiger partial charge in [0, 0.05) is 36.9 Å². The maximum absolute atomic E-state index is 14.3. The molecule has 0 spiro atoms. The Morgan fingerprint density at radius 2 is 1.89 bits per heavy atom. The second-order valence-corrected chi connectivity index (χ2v) is 10.1. The van der Waals surface area contributed by atoms with Crippen LogP contribution in [0, 0.1) is 28.3 Å². The molecule has 1 unspecified atom stereocenters. The zero-order chi connectivity index (χ0) is 26.4. The van der Waals surface area contributed by atoms with Crippen molar-refractivity contribution in [1.29, 1.82) is 0 Å². The third kappa shape index (κ3) is 4.89. The third-order valence-electron chi connectivity index (χ3n) is 6.77. The number of hydrogen-bond acceptors (Lipinski definition) is 7. The fourth-order valence-corrected chi connectivity index (χ4v) is 4.54. The molecule has 0 bridgehead atoms. The van der Waals surface area contributed by atoms with Gasteiger partial charge < -0.3 is 19.7 Å². The van der Waals surface area contributed by atoms with Gasteiger partial charge in [0.25, 0.3) is 0 Å². The zero-order valence-electron chi connectivity index (χ0n) is 20.6. The van der Waals surface area contributed by atoms with Crippen molar-refractivity contribution in [3.05, 3.63) is 73.2 Å². The Bertz CT molecular complexity index is 1420. The van der Waals surface area contributed by atoms with Crippen molar-refractivity contribution in [3.63, 3.8) is 0 Å². The summed E-state index contributed by atoms with van der Waals surface area (Å²) in [6, 6.07) is 5.91. The minimum Gasteiger partial charge on any atom is -0.478 e. The maximum atomic E-state index is 14.3. The molecule has 1 saturated heterocycles. The van der Waals surface area contributed by atoms with Crippen molar-refractivity contribution in [1.82, 2.24) is 0 Å². The highest BCUT2D eigenvalue weighted by Crippen LogP contribution is 2.35. The van der Waals surface area contributed by atoms with Gasteiger partial charge in [-0.2, -0.15) is 4.39 Å². The van der Waals surface area contributed by atoms with E-state index >= 15 is 0 Å². The third-order valence-corrected chi connectivity index (χ3v) is 6.77. The van der Waals surface area contributed by atoms with Gasteiger partial charge in [-0.3, -0.25) is 14.9 Å². The van der Waals surface area contributed by atoms with Gasteiger partial charge in [-0.25, -0.2) is 4.79 Å². The average Bonchev–Trinajstić information content (AvgIpc) is 2.78. The Kier molecular flexibility index (Phi) is 6.46. The highest BCUT2D eigenvalue weighted by atomic mass is 19.1. The van der Waals surface area contributed by atoms with Gasteiger partial charge in [-0.1, -0.05) is 19.9 Å². The fraction of sp³-hybridized carbons (Fsp3) is 0.385. The van der Waals surface area contributed by atoms with Crippen LogP contribution in [-0.4, -0.2) is 29.1 Å². The molecule has 0 amide bonds. The van der Waals surface area contributed by atoms with Gasteiger partial charge in [-0.05, 0) is 43.7 Å². The Labute approximate surface area is 206 Å². The van der Waals surface area contributed by atoms with E-state index in [1.165, 1.54) is 6.07 Å². The van der Waals surface area contributed by atoms with E-state index in [0.29, 0.717) is 28.5 Å². The van der Waals surface area contributed by atoms with Crippen molar-refractivity contribution in [2.45, 2.75) is 46.6 Å². The number of piperidine rings is 1. The van der Waals surface area contributed by atoms with E-state index in [0.717, 1.165) is 37.6 Å². The van der Waals surface area contributed by atoms with Crippen LogP contribution < -0.4 is 15.6 Å². The normalized spacial score (nSPS) is 16.1. The Morgan fingerprint density at radius 1 is 1.22 bits per heavy atom. The summed E-state index contributed by atoms with van der Waals surface area (Å²) in [5.74, 6) is -2.13. The van der Waals surface area contributed by atoms with Crippen molar-refractivity contribution < 1.29 is 23.6 Å². The number of anilines is 2. The van der Waals surface area contributed by atoms with E-state index in [9.17, 15) is 29.2 Å². The smallest absolute Gasteiger partial charge is 0.338 e. The van der Waals surface area contributed by atoms with Gasteiger partial charge in [-0.15, -0.1) is 0 Å². The van der Waals surface area contributed by atoms with Crippen molar-refractivity contribution >= 4 is 34.2 Å². The molecule has 0 aliphatic carbocycles. The molecule has 1 aromatic heterocycles. The molecule has 2 heterocycles. The zero-order valence-corrected chi connectivity index (χ0v) is 20.6. The summed E-state index contributed by atoms with van der Waals surface area (Å²) in [6.45, 7) is 9.46. The Balaban J connectivity index is 1.77. The first-order valence-electron chi connectivity index (χ1n) is 11.7. The summed E-state index contributed by atoms with van der Waals surface area (Å²) in [5, 5.41) is 24.0. The summed E-state index contributed by atoms with van der Waals surface area (Å²) in [6.07, 6.45) is 1.91. The molecule has 190 valence electrons. The number of nitrogens with one attached hydrogen (secondary N) is 1. The van der Waals surface area contributed by atoms with E-state index < -0.39 is 34.0 Å². The van der Waals surface area contributed by atoms with Crippen LogP contribution in [-0.2, 0) is 0 Å². The molecule has 36 heavy (non-hydrogen) atoms. The molecule has 0 saturated carbocycles. The molecule has 10 heteroatoms. The standard InChI is InChI=1S/C26H28FN3O6/c1-14-9-16(15(2)28-20-12-19(27)21(30(34)35)11-17(20)25(32)33)24-18(10-14)22(31)13-23(36-24)29-7-5-26(3,4)6-8-29/h9-13,15,28H,5-8H2,1-4H3,(H,32,33). The van der Waals surface area contributed by atoms with Crippen molar-refractivity contribution in [2.24, 2.45) is 5.41 Å². The van der Waals surface area contributed by atoms with Crippen LogP contribution in [0.2, 0.25) is 0 Å². The van der Waals surface area contributed by atoms with Gasteiger partial charge in [0.05, 0.1) is 27.6 Å². The van der Waals surface area contributed by atoms with E-state index in [1.807, 2.05) is 17.9 Å². The highest BCUT2D eigenvalue weighted by Gasteiger charge is 2.28. The number of aromatic carboxylic acids is 1. The predicted octanol–water partition coefficient (Wildman–Crippen LogP) is 5.65. The number of rotatable bonds is 6. The number of carbonyl (C=O) groups is 1. The van der Waals surface area contributed by atoms with Crippen LogP contribution in [0.4, 0.5) is 21.6 Å². The number of halogens is 1. The first-order chi connectivity index (χ1) is 16.9. The minimum atomic E-state index is -1.44. The summed E-state index contributed by atoms with van der Waals surface area (Å²) in [7, 11) is 0. The SMILES string of the molecule is Cc1cc(C(C)Nc2cc(F)c([N+](=O)[O-])cc2C(=O)O)c2oc(N3CCC(C)(C)CC3)cc(=O)c2c1. The topological polar surface area (TPSA) is 126 Å². The number of hydrogen-bond donors (Lipinski definition) is 2. The lowest BCUT2D eigenvalue weighted by Crippen LogP contribution is -2.37. The van der Waals surface area contributed by atoms with Gasteiger partial charge in [0.2, 0.25) is 5.82 Å². The van der Waals surface area contributed by atoms with Gasteiger partial charge >= 0.3 is 11.7 Å². The number of carboxylic acids is 1. The van der Waals surface area contributed by atoms with Crippen LogP contribution in [0.3, 0.4) is 0 Å². The van der Waals surface area contributed by atoms with Crippen molar-refractivity contribution in [3.8, 4) is 0 Å². The number of carboxylic acid groups (broad SMARTS) is 1. The van der Waals surface area contributed by atoms with Crippen LogP contribution in [0.5, 0.6) is 0 Å². The molecule has 9 nitrogen and oxygen atoms in total. The monoisotopic (exact) mass is 497 g/mol. The number of nitro groups is 1. The van der Waals surface area contributed by atoms with E-state index in [4.69, 9.17) is 4.42 Å². The van der Waals surface area contributed by atoms with Crippen LogP contribution in [0.25, 0.3) is 11.0 Å². The molecule has 1 aliphatic heterocycles. The van der Waals surface area contributed by atoms with Crippen LogP contribution in [0.15, 0.2) is 39.5 Å². The lowest BCUT2D eigenvalue weighted by Gasteiger charge is -2.37. The summed E-state index contributed by atoms with van der Waals surface area (Å²) >= 11 is 0. The molecule has 4 rings (SSSR count). The second kappa shape index (κ2) is 9.25.